The number of nitrogens with two attached hydrogens (primary N) is 1. The molecule has 2 saturated heterocycles. The van der Waals surface area contributed by atoms with Gasteiger partial charge in [0.25, 0.3) is 0 Å². The van der Waals surface area contributed by atoms with Crippen molar-refractivity contribution >= 4 is 0 Å². The smallest absolute Gasteiger partial charge is 0.201 e. The molecule has 2 heterocycles. The maximum atomic E-state index is 6.50. The minimum Gasteiger partial charge on any atom is -0.360 e. The Balaban J connectivity index is 1.88. The molecule has 4 aliphatic rings. The van der Waals surface area contributed by atoms with E-state index in [9.17, 15) is 0 Å². The van der Waals surface area contributed by atoms with E-state index in [1.807, 2.05) is 0 Å². The molecule has 3 nitrogen and oxygen atoms in total. The molecule has 2 saturated carbocycles. The molecule has 4 fully saturated rings. The fourth-order valence-electron chi connectivity index (χ4n) is 4.87. The molecule has 3 heteroatoms. The van der Waals surface area contributed by atoms with E-state index in [2.05, 4.69) is 14.1 Å². The zero-order valence-corrected chi connectivity index (χ0v) is 8.29. The van der Waals surface area contributed by atoms with Crippen molar-refractivity contribution in [2.45, 2.75) is 48.6 Å². The summed E-state index contributed by atoms with van der Waals surface area (Å²) in [5.41, 5.74) is 6.89. The van der Waals surface area contributed by atoms with Gasteiger partial charge in [0, 0.05) is 6.42 Å². The average molecular weight is 181 g/mol. The lowest BCUT2D eigenvalue weighted by Crippen LogP contribution is -2.73. The molecule has 0 bridgehead atoms. The number of likely N-dealkylation sites (tertiary alicyclic amines) is 1. The normalized spacial score (nSPS) is 69.9. The standard InChI is InChI=1S/C10H17N2O/c1-12(2)6-4-3-5-9(11)7-8(13-7)10(6,9)12/h6-8H,3-5,11H2,1-2H3/q+1/t6?,7-,8+,9-,10?/m0/s1. The van der Waals surface area contributed by atoms with Crippen LogP contribution in [0, 0.1) is 0 Å². The van der Waals surface area contributed by atoms with Crippen LogP contribution in [-0.4, -0.2) is 47.9 Å². The van der Waals surface area contributed by atoms with Gasteiger partial charge in [-0.2, -0.15) is 0 Å². The Morgan fingerprint density at radius 1 is 1.38 bits per heavy atom. The first kappa shape index (κ1) is 7.21. The summed E-state index contributed by atoms with van der Waals surface area (Å²) in [5.74, 6) is 0. The highest BCUT2D eigenvalue weighted by atomic mass is 16.6. The van der Waals surface area contributed by atoms with Gasteiger partial charge in [-0.1, -0.05) is 0 Å². The second-order valence-corrected chi connectivity index (χ2v) is 5.79. The van der Waals surface area contributed by atoms with E-state index in [0.717, 1.165) is 10.5 Å². The Morgan fingerprint density at radius 2 is 2.15 bits per heavy atom. The van der Waals surface area contributed by atoms with Crippen molar-refractivity contribution in [3.05, 3.63) is 0 Å². The molecule has 0 aromatic rings. The first-order valence-corrected chi connectivity index (χ1v) is 5.35. The molecule has 72 valence electrons. The minimum atomic E-state index is 0.0457. The van der Waals surface area contributed by atoms with Gasteiger partial charge in [0.1, 0.15) is 23.8 Å². The highest BCUT2D eigenvalue weighted by molar-refractivity contribution is 5.42. The summed E-state index contributed by atoms with van der Waals surface area (Å²) >= 11 is 0. The fraction of sp³-hybridized carbons (Fsp3) is 1.00. The predicted molar refractivity (Wildman–Crippen MR) is 48.1 cm³/mol. The van der Waals surface area contributed by atoms with E-state index in [0.29, 0.717) is 17.7 Å². The summed E-state index contributed by atoms with van der Waals surface area (Å²) in [5, 5.41) is 0. The van der Waals surface area contributed by atoms with E-state index in [4.69, 9.17) is 10.5 Å². The lowest BCUT2D eigenvalue weighted by molar-refractivity contribution is -0.805. The first-order valence-electron chi connectivity index (χ1n) is 5.35. The van der Waals surface area contributed by atoms with Crippen molar-refractivity contribution in [1.82, 2.24) is 0 Å². The van der Waals surface area contributed by atoms with Crippen LogP contribution in [-0.2, 0) is 4.74 Å². The van der Waals surface area contributed by atoms with Gasteiger partial charge in [0.05, 0.1) is 14.1 Å². The van der Waals surface area contributed by atoms with Crippen LogP contribution in [0.15, 0.2) is 0 Å². The van der Waals surface area contributed by atoms with Gasteiger partial charge in [0.2, 0.25) is 5.54 Å². The number of ether oxygens (including phenoxy) is 1. The molecule has 0 aromatic carbocycles. The molecule has 5 atom stereocenters. The van der Waals surface area contributed by atoms with Crippen LogP contribution >= 0.6 is 0 Å². The molecular weight excluding hydrogens is 164 g/mol. The number of fused-ring (bicyclic) bond motifs is 2. The van der Waals surface area contributed by atoms with Crippen molar-refractivity contribution < 1.29 is 9.22 Å². The van der Waals surface area contributed by atoms with Crippen LogP contribution in [0.5, 0.6) is 0 Å². The van der Waals surface area contributed by atoms with Gasteiger partial charge in [-0.3, -0.25) is 0 Å². The molecule has 1 spiro atoms. The van der Waals surface area contributed by atoms with Crippen molar-refractivity contribution in [2.75, 3.05) is 14.1 Å². The molecule has 0 amide bonds. The highest BCUT2D eigenvalue weighted by Gasteiger charge is 3.01. The Hall–Kier alpha value is -0.120. The maximum absolute atomic E-state index is 6.50. The Morgan fingerprint density at radius 3 is 2.85 bits per heavy atom. The molecule has 2 unspecified atom stereocenters. The number of quaternary nitrogens is 1. The monoisotopic (exact) mass is 181 g/mol. The number of nitrogens with zero attached hydrogens (tertiary/aromatic N) is 1. The van der Waals surface area contributed by atoms with Crippen molar-refractivity contribution in [3.8, 4) is 0 Å². The number of hydrogen-bond donors (Lipinski definition) is 1. The summed E-state index contributed by atoms with van der Waals surface area (Å²) < 4.78 is 6.85. The van der Waals surface area contributed by atoms with Gasteiger partial charge in [-0.15, -0.1) is 0 Å². The zero-order chi connectivity index (χ0) is 9.06. The molecule has 2 aliphatic carbocycles. The van der Waals surface area contributed by atoms with Gasteiger partial charge >= 0.3 is 0 Å². The van der Waals surface area contributed by atoms with Crippen molar-refractivity contribution in [1.29, 1.82) is 0 Å². The molecule has 13 heavy (non-hydrogen) atoms. The SMILES string of the molecule is C[N+]1(C)C2CCC[C@]3(N)[C@H]4O[C@H]4C231. The summed E-state index contributed by atoms with van der Waals surface area (Å²) in [6.45, 7) is 0. The quantitative estimate of drug-likeness (QED) is 0.417. The zero-order valence-electron chi connectivity index (χ0n) is 8.29. The molecule has 2 N–H and O–H groups in total. The Labute approximate surface area is 78.4 Å². The van der Waals surface area contributed by atoms with Crippen LogP contribution < -0.4 is 5.73 Å². The molecule has 2 aliphatic heterocycles. The van der Waals surface area contributed by atoms with Crippen LogP contribution in [0.25, 0.3) is 0 Å². The second-order valence-electron chi connectivity index (χ2n) is 5.79. The van der Waals surface area contributed by atoms with Crippen molar-refractivity contribution in [3.63, 3.8) is 0 Å². The van der Waals surface area contributed by atoms with Gasteiger partial charge < -0.3 is 15.0 Å². The average Bonchev–Trinajstić information content (AvgIpc) is 2.87. The largest absolute Gasteiger partial charge is 0.360 e. The van der Waals surface area contributed by atoms with Crippen LogP contribution in [0.4, 0.5) is 0 Å². The highest BCUT2D eigenvalue weighted by Crippen LogP contribution is 2.76. The Kier molecular flexibility index (Phi) is 0.818. The number of hydrogen-bond acceptors (Lipinski definition) is 2. The van der Waals surface area contributed by atoms with Crippen molar-refractivity contribution in [2.24, 2.45) is 5.73 Å². The van der Waals surface area contributed by atoms with Gasteiger partial charge in [-0.25, -0.2) is 0 Å². The lowest BCUT2D eigenvalue weighted by atomic mass is 9.59. The first-order chi connectivity index (χ1) is 6.07. The van der Waals surface area contributed by atoms with E-state index >= 15 is 0 Å². The molecule has 0 aromatic heterocycles. The number of epoxide rings is 1. The number of rotatable bonds is 0. The third kappa shape index (κ3) is 0.415. The van der Waals surface area contributed by atoms with E-state index in [1.54, 1.807) is 0 Å². The molecule has 0 radical (unpaired) electrons. The molecular formula is C10H17N2O+. The van der Waals surface area contributed by atoms with E-state index < -0.39 is 0 Å². The maximum Gasteiger partial charge on any atom is 0.201 e. The van der Waals surface area contributed by atoms with Crippen LogP contribution in [0.3, 0.4) is 0 Å². The summed E-state index contributed by atoms with van der Waals surface area (Å²) in [6, 6.07) is 0.801. The second kappa shape index (κ2) is 1.47. The molecule has 4 rings (SSSR count). The topological polar surface area (TPSA) is 38.5 Å². The van der Waals surface area contributed by atoms with Gasteiger partial charge in [-0.05, 0) is 12.8 Å². The summed E-state index contributed by atoms with van der Waals surface area (Å²) in [4.78, 5) is 0. The van der Waals surface area contributed by atoms with Crippen LogP contribution in [0.2, 0.25) is 0 Å². The summed E-state index contributed by atoms with van der Waals surface area (Å²) in [7, 11) is 4.66. The lowest BCUT2D eigenvalue weighted by Gasteiger charge is -2.42. The van der Waals surface area contributed by atoms with E-state index in [-0.39, 0.29) is 5.54 Å². The van der Waals surface area contributed by atoms with Gasteiger partial charge in [0.15, 0.2) is 0 Å². The third-order valence-corrected chi connectivity index (χ3v) is 5.42. The summed E-state index contributed by atoms with van der Waals surface area (Å²) in [6.07, 6.45) is 4.80. The van der Waals surface area contributed by atoms with E-state index in [1.165, 1.54) is 19.3 Å². The van der Waals surface area contributed by atoms with Crippen LogP contribution in [0.1, 0.15) is 19.3 Å². The third-order valence-electron chi connectivity index (χ3n) is 5.42. The number of likely N-dealkylation sites (N-methyl/N-ethyl adjacent to an activating group) is 1. The fourth-order valence-corrected chi connectivity index (χ4v) is 4.87. The Bertz CT molecular complexity index is 316. The predicted octanol–water partition coefficient (Wildman–Crippen LogP) is -0.154. The minimum absolute atomic E-state index is 0.0457.